The van der Waals surface area contributed by atoms with Crippen molar-refractivity contribution in [3.8, 4) is 0 Å². The van der Waals surface area contributed by atoms with Crippen molar-refractivity contribution in [1.82, 2.24) is 0 Å². The third-order valence-corrected chi connectivity index (χ3v) is 2.60. The van der Waals surface area contributed by atoms with Crippen molar-refractivity contribution in [3.05, 3.63) is 35.9 Å². The van der Waals surface area contributed by atoms with Gasteiger partial charge in [0.2, 0.25) is 5.79 Å². The van der Waals surface area contributed by atoms with Crippen molar-refractivity contribution in [1.29, 1.82) is 0 Å². The molecule has 1 aliphatic rings. The van der Waals surface area contributed by atoms with Gasteiger partial charge in [-0.1, -0.05) is 30.3 Å². The predicted octanol–water partition coefficient (Wildman–Crippen LogP) is 1.88. The third-order valence-electron chi connectivity index (χ3n) is 2.60. The molecule has 4 nitrogen and oxygen atoms in total. The van der Waals surface area contributed by atoms with Crippen LogP contribution in [0.3, 0.4) is 0 Å². The van der Waals surface area contributed by atoms with Crippen LogP contribution in [0.25, 0.3) is 0 Å². The topological polar surface area (TPSA) is 44.8 Å². The van der Waals surface area contributed by atoms with E-state index in [2.05, 4.69) is 0 Å². The first-order chi connectivity index (χ1) is 8.22. The summed E-state index contributed by atoms with van der Waals surface area (Å²) < 4.78 is 16.3. The van der Waals surface area contributed by atoms with Gasteiger partial charge in [-0.15, -0.1) is 0 Å². The number of carbonyl (C=O) groups excluding carboxylic acids is 1. The SMILES string of the molecule is CC1(C=O)OCCC(OCc2ccccc2)O1. The highest BCUT2D eigenvalue weighted by Gasteiger charge is 2.34. The molecule has 92 valence electrons. The smallest absolute Gasteiger partial charge is 0.225 e. The summed E-state index contributed by atoms with van der Waals surface area (Å²) in [5.74, 6) is -1.17. The van der Waals surface area contributed by atoms with E-state index < -0.39 is 5.79 Å². The van der Waals surface area contributed by atoms with E-state index in [0.717, 1.165) is 5.56 Å². The van der Waals surface area contributed by atoms with E-state index in [4.69, 9.17) is 14.2 Å². The van der Waals surface area contributed by atoms with E-state index in [0.29, 0.717) is 25.9 Å². The minimum absolute atomic E-state index is 0.390. The number of hydrogen-bond donors (Lipinski definition) is 0. The number of aldehydes is 1. The predicted molar refractivity (Wildman–Crippen MR) is 61.1 cm³/mol. The summed E-state index contributed by atoms with van der Waals surface area (Å²) in [5.41, 5.74) is 1.08. The van der Waals surface area contributed by atoms with Gasteiger partial charge in [0, 0.05) is 6.42 Å². The van der Waals surface area contributed by atoms with E-state index in [1.807, 2.05) is 30.3 Å². The molecule has 0 N–H and O–H groups in total. The molecular weight excluding hydrogens is 220 g/mol. The van der Waals surface area contributed by atoms with Crippen LogP contribution in [0, 0.1) is 0 Å². The number of benzene rings is 1. The Balaban J connectivity index is 1.85. The zero-order valence-electron chi connectivity index (χ0n) is 9.80. The summed E-state index contributed by atoms with van der Waals surface area (Å²) in [7, 11) is 0. The summed E-state index contributed by atoms with van der Waals surface area (Å²) in [6, 6.07) is 9.84. The number of ether oxygens (including phenoxy) is 3. The van der Waals surface area contributed by atoms with Crippen molar-refractivity contribution in [3.63, 3.8) is 0 Å². The van der Waals surface area contributed by atoms with Crippen molar-refractivity contribution >= 4 is 6.29 Å². The molecular formula is C13H16O4. The normalized spacial score (nSPS) is 28.9. The summed E-state index contributed by atoms with van der Waals surface area (Å²) >= 11 is 0. The lowest BCUT2D eigenvalue weighted by Gasteiger charge is -2.34. The Labute approximate surface area is 100 Å². The number of carbonyl (C=O) groups is 1. The molecule has 0 bridgehead atoms. The molecule has 0 aromatic heterocycles. The van der Waals surface area contributed by atoms with Crippen LogP contribution in [0.5, 0.6) is 0 Å². The van der Waals surface area contributed by atoms with Crippen molar-refractivity contribution < 1.29 is 19.0 Å². The summed E-state index contributed by atoms with van der Waals surface area (Å²) in [6.45, 7) is 2.53. The lowest BCUT2D eigenvalue weighted by Crippen LogP contribution is -2.44. The van der Waals surface area contributed by atoms with Gasteiger partial charge in [0.1, 0.15) is 0 Å². The highest BCUT2D eigenvalue weighted by atomic mass is 16.8. The van der Waals surface area contributed by atoms with Gasteiger partial charge in [-0.3, -0.25) is 4.79 Å². The Bertz CT molecular complexity index is 365. The first-order valence-electron chi connectivity index (χ1n) is 5.65. The van der Waals surface area contributed by atoms with Gasteiger partial charge in [0.15, 0.2) is 12.6 Å². The molecule has 1 aromatic rings. The van der Waals surface area contributed by atoms with Crippen LogP contribution in [-0.4, -0.2) is 25.0 Å². The maximum Gasteiger partial charge on any atom is 0.225 e. The molecule has 0 radical (unpaired) electrons. The van der Waals surface area contributed by atoms with Crippen LogP contribution in [0.15, 0.2) is 30.3 Å². The molecule has 17 heavy (non-hydrogen) atoms. The largest absolute Gasteiger partial charge is 0.348 e. The van der Waals surface area contributed by atoms with E-state index >= 15 is 0 Å². The second-order valence-corrected chi connectivity index (χ2v) is 4.11. The van der Waals surface area contributed by atoms with Gasteiger partial charge in [0.05, 0.1) is 13.2 Å². The second-order valence-electron chi connectivity index (χ2n) is 4.11. The highest BCUT2D eigenvalue weighted by Crippen LogP contribution is 2.22. The van der Waals surface area contributed by atoms with Crippen LogP contribution in [-0.2, 0) is 25.6 Å². The van der Waals surface area contributed by atoms with Gasteiger partial charge < -0.3 is 14.2 Å². The molecule has 0 aliphatic carbocycles. The average Bonchev–Trinajstić information content (AvgIpc) is 2.38. The molecule has 0 amide bonds. The molecule has 2 atom stereocenters. The first-order valence-corrected chi connectivity index (χ1v) is 5.65. The Hall–Kier alpha value is -1.23. The van der Waals surface area contributed by atoms with Crippen molar-refractivity contribution in [2.45, 2.75) is 32.0 Å². The summed E-state index contributed by atoms with van der Waals surface area (Å²) in [6.07, 6.45) is 0.903. The van der Waals surface area contributed by atoms with Gasteiger partial charge in [-0.05, 0) is 12.5 Å². The van der Waals surface area contributed by atoms with E-state index in [1.165, 1.54) is 0 Å². The van der Waals surface area contributed by atoms with E-state index in [1.54, 1.807) is 6.92 Å². The highest BCUT2D eigenvalue weighted by molar-refractivity contribution is 5.59. The van der Waals surface area contributed by atoms with Crippen LogP contribution in [0.2, 0.25) is 0 Å². The van der Waals surface area contributed by atoms with Crippen LogP contribution in [0.1, 0.15) is 18.9 Å². The lowest BCUT2D eigenvalue weighted by molar-refractivity contribution is -0.319. The zero-order valence-corrected chi connectivity index (χ0v) is 9.80. The van der Waals surface area contributed by atoms with Crippen LogP contribution in [0.4, 0.5) is 0 Å². The van der Waals surface area contributed by atoms with Crippen LogP contribution < -0.4 is 0 Å². The molecule has 2 rings (SSSR count). The molecule has 4 heteroatoms. The summed E-state index contributed by atoms with van der Waals surface area (Å²) in [4.78, 5) is 10.8. The Morgan fingerprint density at radius 2 is 2.24 bits per heavy atom. The molecule has 2 unspecified atom stereocenters. The third kappa shape index (κ3) is 3.36. The molecule has 0 spiro atoms. The minimum Gasteiger partial charge on any atom is -0.348 e. The molecule has 1 aromatic carbocycles. The fraction of sp³-hybridized carbons (Fsp3) is 0.462. The Kier molecular flexibility index (Phi) is 3.89. The second kappa shape index (κ2) is 5.40. The maximum atomic E-state index is 10.8. The average molecular weight is 236 g/mol. The van der Waals surface area contributed by atoms with E-state index in [9.17, 15) is 4.79 Å². The Morgan fingerprint density at radius 3 is 2.94 bits per heavy atom. The Morgan fingerprint density at radius 1 is 1.47 bits per heavy atom. The number of rotatable bonds is 4. The monoisotopic (exact) mass is 236 g/mol. The van der Waals surface area contributed by atoms with E-state index in [-0.39, 0.29) is 6.29 Å². The van der Waals surface area contributed by atoms with Crippen LogP contribution >= 0.6 is 0 Å². The molecule has 1 heterocycles. The fourth-order valence-corrected chi connectivity index (χ4v) is 1.65. The lowest BCUT2D eigenvalue weighted by atomic mass is 10.2. The van der Waals surface area contributed by atoms with Crippen molar-refractivity contribution in [2.75, 3.05) is 6.61 Å². The maximum absolute atomic E-state index is 10.8. The van der Waals surface area contributed by atoms with Gasteiger partial charge in [-0.2, -0.15) is 0 Å². The molecule has 1 aliphatic heterocycles. The summed E-state index contributed by atoms with van der Waals surface area (Å²) in [5, 5.41) is 0. The van der Waals surface area contributed by atoms with Gasteiger partial charge >= 0.3 is 0 Å². The quantitative estimate of drug-likeness (QED) is 0.749. The first kappa shape index (κ1) is 12.2. The molecule has 1 fully saturated rings. The minimum atomic E-state index is -1.17. The van der Waals surface area contributed by atoms with Gasteiger partial charge in [-0.25, -0.2) is 0 Å². The van der Waals surface area contributed by atoms with Crippen molar-refractivity contribution in [2.24, 2.45) is 0 Å². The standard InChI is InChI=1S/C13H16O4/c1-13(10-14)16-8-7-12(17-13)15-9-11-5-3-2-4-6-11/h2-6,10,12H,7-9H2,1H3. The number of hydrogen-bond acceptors (Lipinski definition) is 4. The molecule has 1 saturated heterocycles. The van der Waals surface area contributed by atoms with Gasteiger partial charge in [0.25, 0.3) is 0 Å². The fourth-order valence-electron chi connectivity index (χ4n) is 1.65. The molecule has 0 saturated carbocycles. The zero-order chi connectivity index (χ0) is 12.1.